The van der Waals surface area contributed by atoms with E-state index in [1.807, 2.05) is 12.1 Å². The second-order valence-electron chi connectivity index (χ2n) is 3.64. The summed E-state index contributed by atoms with van der Waals surface area (Å²) >= 11 is 9.20. The van der Waals surface area contributed by atoms with E-state index in [0.29, 0.717) is 21.4 Å². The number of rotatable bonds is 3. The maximum atomic E-state index is 12.1. The fraction of sp³-hybridized carbons (Fsp3) is 0.0833. The van der Waals surface area contributed by atoms with Crippen LogP contribution in [0.4, 0.5) is 5.69 Å². The molecule has 0 spiro atoms. The van der Waals surface area contributed by atoms with Gasteiger partial charge in [0.1, 0.15) is 0 Å². The van der Waals surface area contributed by atoms with Gasteiger partial charge in [-0.1, -0.05) is 11.6 Å². The van der Waals surface area contributed by atoms with Crippen LogP contribution in [0, 0.1) is 0 Å². The zero-order valence-electron chi connectivity index (χ0n) is 9.27. The first-order chi connectivity index (χ1) is 8.56. The van der Waals surface area contributed by atoms with Gasteiger partial charge < -0.3 is 5.73 Å². The van der Waals surface area contributed by atoms with E-state index in [-0.39, 0.29) is 0 Å². The third-order valence-corrected chi connectivity index (χ3v) is 4.44. The van der Waals surface area contributed by atoms with Crippen LogP contribution in [0.2, 0.25) is 5.02 Å². The molecule has 1 unspecified atom stereocenters. The van der Waals surface area contributed by atoms with Crippen molar-refractivity contribution in [3.05, 3.63) is 51.7 Å². The van der Waals surface area contributed by atoms with Gasteiger partial charge in [0.25, 0.3) is 0 Å². The SMILES string of the molecule is Nc1ccc(S(=O)Cc2ccc(Br)cn2)cc1Cl. The minimum atomic E-state index is -1.18. The Morgan fingerprint density at radius 3 is 2.72 bits per heavy atom. The third kappa shape index (κ3) is 3.31. The number of anilines is 1. The molecule has 6 heteroatoms. The van der Waals surface area contributed by atoms with E-state index in [9.17, 15) is 4.21 Å². The average Bonchev–Trinajstić information content (AvgIpc) is 2.35. The van der Waals surface area contributed by atoms with Crippen LogP contribution in [0.1, 0.15) is 5.69 Å². The number of benzene rings is 1. The second-order valence-corrected chi connectivity index (χ2v) is 6.41. The molecule has 0 saturated carbocycles. The molecule has 0 aliphatic rings. The largest absolute Gasteiger partial charge is 0.398 e. The van der Waals surface area contributed by atoms with Crippen molar-refractivity contribution in [2.75, 3.05) is 5.73 Å². The number of nitrogens with zero attached hydrogens (tertiary/aromatic N) is 1. The molecule has 0 aliphatic heterocycles. The zero-order chi connectivity index (χ0) is 13.1. The first-order valence-corrected chi connectivity index (χ1v) is 7.59. The molecule has 1 atom stereocenters. The predicted octanol–water partition coefficient (Wildman–Crippen LogP) is 3.39. The van der Waals surface area contributed by atoms with E-state index >= 15 is 0 Å². The summed E-state index contributed by atoms with van der Waals surface area (Å²) in [4.78, 5) is 4.84. The number of nitrogens with two attached hydrogens (primary N) is 1. The quantitative estimate of drug-likeness (QED) is 0.868. The molecule has 2 aromatic rings. The van der Waals surface area contributed by atoms with Gasteiger partial charge in [-0.3, -0.25) is 9.19 Å². The number of hydrogen-bond donors (Lipinski definition) is 1. The zero-order valence-corrected chi connectivity index (χ0v) is 12.4. The molecule has 94 valence electrons. The number of pyridine rings is 1. The summed E-state index contributed by atoms with van der Waals surface area (Å²) < 4.78 is 13.0. The second kappa shape index (κ2) is 5.82. The van der Waals surface area contributed by atoms with Gasteiger partial charge in [0.2, 0.25) is 0 Å². The summed E-state index contributed by atoms with van der Waals surface area (Å²) in [5, 5.41) is 0.421. The number of hydrogen-bond acceptors (Lipinski definition) is 3. The molecule has 2 N–H and O–H groups in total. The van der Waals surface area contributed by atoms with Gasteiger partial charge in [0, 0.05) is 15.6 Å². The Kier molecular flexibility index (Phi) is 4.37. The average molecular weight is 346 g/mol. The Morgan fingerprint density at radius 2 is 2.11 bits per heavy atom. The fourth-order valence-electron chi connectivity index (χ4n) is 1.36. The van der Waals surface area contributed by atoms with Crippen LogP contribution < -0.4 is 5.73 Å². The number of halogens is 2. The van der Waals surface area contributed by atoms with Crippen LogP contribution in [0.25, 0.3) is 0 Å². The van der Waals surface area contributed by atoms with Crippen LogP contribution >= 0.6 is 27.5 Å². The molecular weight excluding hydrogens is 336 g/mol. The van der Waals surface area contributed by atoms with E-state index in [0.717, 1.165) is 10.2 Å². The Hall–Kier alpha value is -0.910. The highest BCUT2D eigenvalue weighted by atomic mass is 79.9. The van der Waals surface area contributed by atoms with Crippen molar-refractivity contribution >= 4 is 44.0 Å². The summed E-state index contributed by atoms with van der Waals surface area (Å²) in [6.07, 6.45) is 1.68. The van der Waals surface area contributed by atoms with Crippen molar-refractivity contribution in [2.45, 2.75) is 10.6 Å². The number of nitrogen functional groups attached to an aromatic ring is 1. The van der Waals surface area contributed by atoms with Crippen molar-refractivity contribution in [1.29, 1.82) is 0 Å². The smallest absolute Gasteiger partial charge is 0.0705 e. The van der Waals surface area contributed by atoms with E-state index in [1.165, 1.54) is 0 Å². The molecule has 0 fully saturated rings. The molecule has 18 heavy (non-hydrogen) atoms. The molecule has 0 saturated heterocycles. The van der Waals surface area contributed by atoms with Crippen LogP contribution in [0.15, 0.2) is 45.9 Å². The standard InChI is InChI=1S/C12H10BrClN2OS/c13-8-1-2-9(16-6-8)7-18(17)10-3-4-12(15)11(14)5-10/h1-6H,7,15H2. The third-order valence-electron chi connectivity index (χ3n) is 2.30. The summed E-state index contributed by atoms with van der Waals surface area (Å²) in [6, 6.07) is 8.71. The highest BCUT2D eigenvalue weighted by Crippen LogP contribution is 2.22. The topological polar surface area (TPSA) is 56.0 Å². The lowest BCUT2D eigenvalue weighted by Crippen LogP contribution is -1.99. The van der Waals surface area contributed by atoms with E-state index in [2.05, 4.69) is 20.9 Å². The summed E-state index contributed by atoms with van der Waals surface area (Å²) in [7, 11) is -1.18. The first-order valence-electron chi connectivity index (χ1n) is 5.10. The Labute approximate surface area is 121 Å². The molecular formula is C12H10BrClN2OS. The molecule has 0 aliphatic carbocycles. The van der Waals surface area contributed by atoms with Gasteiger partial charge in [-0.25, -0.2) is 0 Å². The summed E-state index contributed by atoms with van der Waals surface area (Å²) in [5.74, 6) is 0.355. The van der Waals surface area contributed by atoms with Crippen LogP contribution in [0.5, 0.6) is 0 Å². The van der Waals surface area contributed by atoms with Crippen molar-refractivity contribution in [1.82, 2.24) is 4.98 Å². The lowest BCUT2D eigenvalue weighted by atomic mass is 10.3. The fourth-order valence-corrected chi connectivity index (χ4v) is 2.91. The lowest BCUT2D eigenvalue weighted by Gasteiger charge is -2.04. The van der Waals surface area contributed by atoms with Crippen LogP contribution in [-0.4, -0.2) is 9.19 Å². The highest BCUT2D eigenvalue weighted by molar-refractivity contribution is 9.10. The predicted molar refractivity (Wildman–Crippen MR) is 77.9 cm³/mol. The van der Waals surface area contributed by atoms with Gasteiger partial charge >= 0.3 is 0 Å². The molecule has 0 radical (unpaired) electrons. The summed E-state index contributed by atoms with van der Waals surface area (Å²) in [6.45, 7) is 0. The minimum Gasteiger partial charge on any atom is -0.398 e. The van der Waals surface area contributed by atoms with Crippen molar-refractivity contribution in [3.8, 4) is 0 Å². The maximum absolute atomic E-state index is 12.1. The van der Waals surface area contributed by atoms with Gasteiger partial charge in [-0.15, -0.1) is 0 Å². The van der Waals surface area contributed by atoms with Gasteiger partial charge in [0.05, 0.1) is 33.0 Å². The van der Waals surface area contributed by atoms with Crippen molar-refractivity contribution in [3.63, 3.8) is 0 Å². The van der Waals surface area contributed by atoms with E-state index < -0.39 is 10.8 Å². The van der Waals surface area contributed by atoms with Gasteiger partial charge in [0.15, 0.2) is 0 Å². The molecule has 0 bridgehead atoms. The molecule has 2 rings (SSSR count). The molecule has 1 aromatic carbocycles. The lowest BCUT2D eigenvalue weighted by molar-refractivity contribution is 0.682. The Bertz CT molecular complexity index is 589. The molecule has 3 nitrogen and oxygen atoms in total. The normalized spacial score (nSPS) is 12.3. The maximum Gasteiger partial charge on any atom is 0.0705 e. The monoisotopic (exact) mass is 344 g/mol. The Balaban J connectivity index is 2.16. The highest BCUT2D eigenvalue weighted by Gasteiger charge is 2.08. The molecule has 1 aromatic heterocycles. The molecule has 0 amide bonds. The van der Waals surface area contributed by atoms with Gasteiger partial charge in [-0.05, 0) is 46.3 Å². The van der Waals surface area contributed by atoms with Crippen molar-refractivity contribution < 1.29 is 4.21 Å². The van der Waals surface area contributed by atoms with Crippen molar-refractivity contribution in [2.24, 2.45) is 0 Å². The van der Waals surface area contributed by atoms with Crippen LogP contribution in [-0.2, 0) is 16.6 Å². The minimum absolute atomic E-state index is 0.355. The molecule has 1 heterocycles. The first kappa shape index (κ1) is 13.5. The van der Waals surface area contributed by atoms with Gasteiger partial charge in [-0.2, -0.15) is 0 Å². The van der Waals surface area contributed by atoms with Crippen LogP contribution in [0.3, 0.4) is 0 Å². The van der Waals surface area contributed by atoms with E-state index in [4.69, 9.17) is 17.3 Å². The number of aromatic nitrogens is 1. The summed E-state index contributed by atoms with van der Waals surface area (Å²) in [5.41, 5.74) is 6.86. The Morgan fingerprint density at radius 1 is 1.33 bits per heavy atom. The van der Waals surface area contributed by atoms with E-state index in [1.54, 1.807) is 24.4 Å².